The molecule has 6 heteroatoms. The topological polar surface area (TPSA) is 24.9 Å². The first-order valence-electron chi connectivity index (χ1n) is 4.81. The van der Waals surface area contributed by atoms with Crippen molar-refractivity contribution < 1.29 is 13.2 Å². The summed E-state index contributed by atoms with van der Waals surface area (Å²) in [4.78, 5) is 4.10. The van der Waals surface area contributed by atoms with Crippen LogP contribution in [-0.4, -0.2) is 17.7 Å². The van der Waals surface area contributed by atoms with Crippen molar-refractivity contribution in [2.75, 3.05) is 11.9 Å². The van der Waals surface area contributed by atoms with E-state index in [1.807, 2.05) is 12.1 Å². The zero-order chi connectivity index (χ0) is 12.5. The minimum absolute atomic E-state index is 0.216. The van der Waals surface area contributed by atoms with E-state index in [1.54, 1.807) is 12.1 Å². The second-order valence-corrected chi connectivity index (χ2v) is 4.42. The average Bonchev–Trinajstić information content (AvgIpc) is 2.24. The molecule has 0 radical (unpaired) electrons. The molecule has 0 bridgehead atoms. The lowest BCUT2D eigenvalue weighted by atomic mass is 10.2. The Labute approximate surface area is 104 Å². The SMILES string of the molecule is FC(F)(F)CNc1ccc2ccc(Br)cc2n1. The maximum atomic E-state index is 12.0. The summed E-state index contributed by atoms with van der Waals surface area (Å²) in [6, 6.07) is 8.72. The predicted octanol–water partition coefficient (Wildman–Crippen LogP) is 3.97. The van der Waals surface area contributed by atoms with E-state index in [2.05, 4.69) is 26.2 Å². The molecular weight excluding hydrogens is 297 g/mol. The van der Waals surface area contributed by atoms with Crippen LogP contribution in [0.25, 0.3) is 10.9 Å². The third-order valence-corrected chi connectivity index (χ3v) is 2.62. The molecule has 2 rings (SSSR count). The Morgan fingerprint density at radius 1 is 1.18 bits per heavy atom. The molecule has 1 heterocycles. The van der Waals surface area contributed by atoms with Crippen molar-refractivity contribution in [2.24, 2.45) is 0 Å². The number of halogens is 4. The number of fused-ring (bicyclic) bond motifs is 1. The molecule has 1 aromatic heterocycles. The number of nitrogens with one attached hydrogen (secondary N) is 1. The smallest absolute Gasteiger partial charge is 0.361 e. The summed E-state index contributed by atoms with van der Waals surface area (Å²) in [7, 11) is 0. The highest BCUT2D eigenvalue weighted by molar-refractivity contribution is 9.10. The second-order valence-electron chi connectivity index (χ2n) is 3.50. The Morgan fingerprint density at radius 2 is 1.88 bits per heavy atom. The molecule has 2 nitrogen and oxygen atoms in total. The van der Waals surface area contributed by atoms with Crippen molar-refractivity contribution in [1.29, 1.82) is 0 Å². The van der Waals surface area contributed by atoms with Gasteiger partial charge in [0.25, 0.3) is 0 Å². The quantitative estimate of drug-likeness (QED) is 0.908. The van der Waals surface area contributed by atoms with Crippen LogP contribution in [-0.2, 0) is 0 Å². The van der Waals surface area contributed by atoms with Crippen LogP contribution in [0, 0.1) is 0 Å². The van der Waals surface area contributed by atoms with Crippen LogP contribution < -0.4 is 5.32 Å². The number of hydrogen-bond acceptors (Lipinski definition) is 2. The standard InChI is InChI=1S/C11H8BrF3N2/c12-8-3-1-7-2-4-10(17-9(7)5-8)16-6-11(13,14)15/h1-5H,6H2,(H,16,17). The predicted molar refractivity (Wildman–Crippen MR) is 64.0 cm³/mol. The normalized spacial score (nSPS) is 11.8. The van der Waals surface area contributed by atoms with E-state index in [0.29, 0.717) is 5.52 Å². The summed E-state index contributed by atoms with van der Waals surface area (Å²) in [6.45, 7) is -1.08. The van der Waals surface area contributed by atoms with Crippen LogP contribution in [0.5, 0.6) is 0 Å². The lowest BCUT2D eigenvalue weighted by Crippen LogP contribution is -2.21. The van der Waals surface area contributed by atoms with Crippen molar-refractivity contribution in [3.63, 3.8) is 0 Å². The second kappa shape index (κ2) is 4.52. The van der Waals surface area contributed by atoms with Crippen molar-refractivity contribution in [2.45, 2.75) is 6.18 Å². The first-order valence-corrected chi connectivity index (χ1v) is 5.60. The first-order chi connectivity index (χ1) is 7.94. The van der Waals surface area contributed by atoms with Crippen molar-refractivity contribution >= 4 is 32.7 Å². The van der Waals surface area contributed by atoms with Crippen LogP contribution in [0.15, 0.2) is 34.8 Å². The third-order valence-electron chi connectivity index (χ3n) is 2.12. The largest absolute Gasteiger partial charge is 0.405 e. The van der Waals surface area contributed by atoms with Gasteiger partial charge in [-0.25, -0.2) is 4.98 Å². The van der Waals surface area contributed by atoms with Gasteiger partial charge in [-0.1, -0.05) is 22.0 Å². The Bertz CT molecular complexity index is 540. The van der Waals surface area contributed by atoms with Gasteiger partial charge in [0.05, 0.1) is 5.52 Å². The number of aromatic nitrogens is 1. The molecule has 0 saturated heterocycles. The number of alkyl halides is 3. The van der Waals surface area contributed by atoms with E-state index in [0.717, 1.165) is 9.86 Å². The highest BCUT2D eigenvalue weighted by Crippen LogP contribution is 2.21. The molecule has 1 aromatic carbocycles. The van der Waals surface area contributed by atoms with Crippen molar-refractivity contribution in [3.05, 3.63) is 34.8 Å². The number of pyridine rings is 1. The molecule has 0 aliphatic rings. The molecule has 0 fully saturated rings. The maximum Gasteiger partial charge on any atom is 0.405 e. The number of nitrogens with zero attached hydrogens (tertiary/aromatic N) is 1. The van der Waals surface area contributed by atoms with Crippen LogP contribution in [0.3, 0.4) is 0 Å². The van der Waals surface area contributed by atoms with Gasteiger partial charge >= 0.3 is 6.18 Å². The fourth-order valence-corrected chi connectivity index (χ4v) is 1.73. The molecule has 2 aromatic rings. The van der Waals surface area contributed by atoms with E-state index >= 15 is 0 Å². The van der Waals surface area contributed by atoms with Gasteiger partial charge in [0.1, 0.15) is 12.4 Å². The van der Waals surface area contributed by atoms with E-state index in [1.165, 1.54) is 6.07 Å². The maximum absolute atomic E-state index is 12.0. The number of anilines is 1. The van der Waals surface area contributed by atoms with Gasteiger partial charge in [-0.2, -0.15) is 13.2 Å². The molecule has 1 N–H and O–H groups in total. The highest BCUT2D eigenvalue weighted by atomic mass is 79.9. The summed E-state index contributed by atoms with van der Waals surface area (Å²) >= 11 is 3.29. The van der Waals surface area contributed by atoms with E-state index in [4.69, 9.17) is 0 Å². The molecule has 90 valence electrons. The van der Waals surface area contributed by atoms with Gasteiger partial charge in [-0.15, -0.1) is 0 Å². The molecule has 0 aliphatic carbocycles. The van der Waals surface area contributed by atoms with Gasteiger partial charge < -0.3 is 5.32 Å². The molecular formula is C11H8BrF3N2. The minimum Gasteiger partial charge on any atom is -0.361 e. The molecule has 0 saturated carbocycles. The fraction of sp³-hybridized carbons (Fsp3) is 0.182. The van der Waals surface area contributed by atoms with Gasteiger partial charge in [-0.3, -0.25) is 0 Å². The van der Waals surface area contributed by atoms with Gasteiger partial charge in [0.2, 0.25) is 0 Å². The zero-order valence-electron chi connectivity index (χ0n) is 8.55. The molecule has 0 aliphatic heterocycles. The summed E-state index contributed by atoms with van der Waals surface area (Å²) in [5, 5.41) is 3.13. The number of benzene rings is 1. The van der Waals surface area contributed by atoms with E-state index < -0.39 is 12.7 Å². The van der Waals surface area contributed by atoms with Gasteiger partial charge in [-0.05, 0) is 24.3 Å². The Hall–Kier alpha value is -1.30. The Morgan fingerprint density at radius 3 is 2.59 bits per heavy atom. The molecule has 0 amide bonds. The Balaban J connectivity index is 2.25. The fourth-order valence-electron chi connectivity index (χ4n) is 1.38. The zero-order valence-corrected chi connectivity index (χ0v) is 10.1. The lowest BCUT2D eigenvalue weighted by molar-refractivity contribution is -0.115. The van der Waals surface area contributed by atoms with E-state index in [9.17, 15) is 13.2 Å². The lowest BCUT2D eigenvalue weighted by Gasteiger charge is -2.09. The molecule has 0 spiro atoms. The average molecular weight is 305 g/mol. The molecule has 0 unspecified atom stereocenters. The molecule has 0 atom stereocenters. The third kappa shape index (κ3) is 3.33. The molecule has 17 heavy (non-hydrogen) atoms. The van der Waals surface area contributed by atoms with Crippen molar-refractivity contribution in [3.8, 4) is 0 Å². The van der Waals surface area contributed by atoms with Gasteiger partial charge in [0, 0.05) is 9.86 Å². The highest BCUT2D eigenvalue weighted by Gasteiger charge is 2.26. The number of rotatable bonds is 2. The number of hydrogen-bond donors (Lipinski definition) is 1. The van der Waals surface area contributed by atoms with Crippen LogP contribution in [0.4, 0.5) is 19.0 Å². The van der Waals surface area contributed by atoms with Crippen LogP contribution in [0.2, 0.25) is 0 Å². The Kier molecular flexibility index (Phi) is 3.24. The summed E-state index contributed by atoms with van der Waals surface area (Å²) < 4.78 is 36.9. The summed E-state index contributed by atoms with van der Waals surface area (Å²) in [6.07, 6.45) is -4.24. The monoisotopic (exact) mass is 304 g/mol. The van der Waals surface area contributed by atoms with E-state index in [-0.39, 0.29) is 5.82 Å². The van der Waals surface area contributed by atoms with Crippen LogP contribution in [0.1, 0.15) is 0 Å². The van der Waals surface area contributed by atoms with Crippen LogP contribution >= 0.6 is 15.9 Å². The van der Waals surface area contributed by atoms with Crippen molar-refractivity contribution in [1.82, 2.24) is 4.98 Å². The summed E-state index contributed by atoms with van der Waals surface area (Å²) in [5.41, 5.74) is 0.645. The first kappa shape index (κ1) is 12.2. The minimum atomic E-state index is -4.24. The summed E-state index contributed by atoms with van der Waals surface area (Å²) in [5.74, 6) is 0.216. The van der Waals surface area contributed by atoms with Gasteiger partial charge in [0.15, 0.2) is 0 Å².